The fourth-order valence-corrected chi connectivity index (χ4v) is 1.74. The zero-order valence-corrected chi connectivity index (χ0v) is 8.67. The number of amides is 1. The van der Waals surface area contributed by atoms with E-state index in [-0.39, 0.29) is 6.09 Å². The largest absolute Gasteiger partial charge is 0.444 e. The van der Waals surface area contributed by atoms with Crippen molar-refractivity contribution < 1.29 is 9.53 Å². The molecule has 0 unspecified atom stereocenters. The van der Waals surface area contributed by atoms with Gasteiger partial charge < -0.3 is 4.74 Å². The Morgan fingerprint density at radius 2 is 2.31 bits per heavy atom. The van der Waals surface area contributed by atoms with Crippen molar-refractivity contribution in [2.45, 2.75) is 6.61 Å². The average molecular weight is 242 g/mol. The summed E-state index contributed by atoms with van der Waals surface area (Å²) < 4.78 is 5.94. The summed E-state index contributed by atoms with van der Waals surface area (Å²) in [6.07, 6.45) is -0.296. The van der Waals surface area contributed by atoms with Crippen LogP contribution in [0, 0.1) is 0 Å². The number of carbonyl (C=O) groups is 1. The molecule has 0 saturated heterocycles. The van der Waals surface area contributed by atoms with Crippen LogP contribution in [0.2, 0.25) is 0 Å². The summed E-state index contributed by atoms with van der Waals surface area (Å²) in [4.78, 5) is 12.6. The molecule has 2 rings (SSSR count). The quantitative estimate of drug-likeness (QED) is 0.699. The number of halogens is 1. The van der Waals surface area contributed by atoms with Gasteiger partial charge in [0.2, 0.25) is 0 Å². The summed E-state index contributed by atoms with van der Waals surface area (Å²) in [7, 11) is 1.70. The number of fused-ring (bicyclic) bond motifs is 1. The number of anilines is 1. The number of hydrogen-bond donors (Lipinski definition) is 0. The Kier molecular flexibility index (Phi) is 2.00. The lowest BCUT2D eigenvalue weighted by molar-refractivity contribution is 0.143. The molecule has 0 radical (unpaired) electrons. The molecule has 1 aromatic carbocycles. The summed E-state index contributed by atoms with van der Waals surface area (Å²) in [6, 6.07) is 5.77. The SMILES string of the molecule is CN1C(=O)OCc2cc(Br)ccc21. The molecule has 0 aliphatic carbocycles. The fraction of sp³-hybridized carbons (Fsp3) is 0.222. The van der Waals surface area contributed by atoms with Crippen LogP contribution in [-0.4, -0.2) is 13.1 Å². The van der Waals surface area contributed by atoms with Gasteiger partial charge in [-0.1, -0.05) is 15.9 Å². The first kappa shape index (κ1) is 8.56. The van der Waals surface area contributed by atoms with Crippen molar-refractivity contribution in [1.82, 2.24) is 0 Å². The Hall–Kier alpha value is -1.03. The number of nitrogens with zero attached hydrogens (tertiary/aromatic N) is 1. The smallest absolute Gasteiger partial charge is 0.414 e. The molecule has 1 aromatic rings. The van der Waals surface area contributed by atoms with E-state index in [4.69, 9.17) is 4.74 Å². The predicted octanol–water partition coefficient (Wildman–Crippen LogP) is 2.54. The zero-order chi connectivity index (χ0) is 9.42. The van der Waals surface area contributed by atoms with Crippen molar-refractivity contribution in [3.63, 3.8) is 0 Å². The fourth-order valence-electron chi connectivity index (χ4n) is 1.33. The van der Waals surface area contributed by atoms with Gasteiger partial charge in [0.15, 0.2) is 0 Å². The van der Waals surface area contributed by atoms with E-state index in [1.54, 1.807) is 7.05 Å². The van der Waals surface area contributed by atoms with Crippen LogP contribution in [0.4, 0.5) is 10.5 Å². The van der Waals surface area contributed by atoms with Crippen molar-refractivity contribution in [2.24, 2.45) is 0 Å². The van der Waals surface area contributed by atoms with E-state index in [9.17, 15) is 4.79 Å². The molecule has 0 bridgehead atoms. The highest BCUT2D eigenvalue weighted by Crippen LogP contribution is 2.28. The third-order valence-electron chi connectivity index (χ3n) is 2.03. The van der Waals surface area contributed by atoms with Crippen LogP contribution in [0.1, 0.15) is 5.56 Å². The van der Waals surface area contributed by atoms with Gasteiger partial charge in [0.1, 0.15) is 6.61 Å². The predicted molar refractivity (Wildman–Crippen MR) is 52.7 cm³/mol. The Morgan fingerprint density at radius 3 is 3.08 bits per heavy atom. The van der Waals surface area contributed by atoms with E-state index >= 15 is 0 Å². The molecule has 1 heterocycles. The van der Waals surface area contributed by atoms with Gasteiger partial charge in [0, 0.05) is 17.1 Å². The molecule has 13 heavy (non-hydrogen) atoms. The van der Waals surface area contributed by atoms with Gasteiger partial charge in [-0.2, -0.15) is 0 Å². The van der Waals surface area contributed by atoms with Crippen molar-refractivity contribution in [2.75, 3.05) is 11.9 Å². The number of carbonyl (C=O) groups excluding carboxylic acids is 1. The summed E-state index contributed by atoms with van der Waals surface area (Å²) in [5.74, 6) is 0. The van der Waals surface area contributed by atoms with Crippen LogP contribution in [-0.2, 0) is 11.3 Å². The van der Waals surface area contributed by atoms with Gasteiger partial charge in [-0.05, 0) is 18.2 Å². The van der Waals surface area contributed by atoms with E-state index in [2.05, 4.69) is 15.9 Å². The highest BCUT2D eigenvalue weighted by Gasteiger charge is 2.21. The molecule has 68 valence electrons. The normalized spacial score (nSPS) is 15.2. The number of ether oxygens (including phenoxy) is 1. The van der Waals surface area contributed by atoms with E-state index < -0.39 is 0 Å². The standard InChI is InChI=1S/C9H8BrNO2/c1-11-8-3-2-7(10)4-6(8)5-13-9(11)12/h2-4H,5H2,1H3. The van der Waals surface area contributed by atoms with Crippen molar-refractivity contribution in [3.05, 3.63) is 28.2 Å². The monoisotopic (exact) mass is 241 g/mol. The average Bonchev–Trinajstić information content (AvgIpc) is 2.12. The molecule has 0 atom stereocenters. The van der Waals surface area contributed by atoms with E-state index in [0.29, 0.717) is 6.61 Å². The number of benzene rings is 1. The lowest BCUT2D eigenvalue weighted by Crippen LogP contribution is -2.31. The topological polar surface area (TPSA) is 29.5 Å². The Morgan fingerprint density at radius 1 is 1.54 bits per heavy atom. The van der Waals surface area contributed by atoms with Crippen molar-refractivity contribution >= 4 is 27.7 Å². The van der Waals surface area contributed by atoms with E-state index in [0.717, 1.165) is 15.7 Å². The Balaban J connectivity index is 2.49. The minimum absolute atomic E-state index is 0.296. The molecular weight excluding hydrogens is 234 g/mol. The third kappa shape index (κ3) is 1.42. The van der Waals surface area contributed by atoms with Gasteiger partial charge in [-0.25, -0.2) is 4.79 Å². The first-order valence-corrected chi connectivity index (χ1v) is 4.66. The minimum Gasteiger partial charge on any atom is -0.444 e. The highest BCUT2D eigenvalue weighted by atomic mass is 79.9. The van der Waals surface area contributed by atoms with Crippen LogP contribution in [0.3, 0.4) is 0 Å². The number of rotatable bonds is 0. The molecule has 0 fully saturated rings. The Labute approximate surface area is 84.4 Å². The van der Waals surface area contributed by atoms with Crippen LogP contribution < -0.4 is 4.90 Å². The molecule has 3 nitrogen and oxygen atoms in total. The van der Waals surface area contributed by atoms with Crippen LogP contribution >= 0.6 is 15.9 Å². The molecule has 1 aliphatic rings. The molecule has 0 spiro atoms. The molecule has 1 amide bonds. The molecule has 1 aliphatic heterocycles. The summed E-state index contributed by atoms with van der Waals surface area (Å²) in [5, 5.41) is 0. The van der Waals surface area contributed by atoms with Gasteiger partial charge in [-0.3, -0.25) is 4.90 Å². The second-order valence-electron chi connectivity index (χ2n) is 2.89. The summed E-state index contributed by atoms with van der Waals surface area (Å²) in [5.41, 5.74) is 1.94. The van der Waals surface area contributed by atoms with Gasteiger partial charge in [0.05, 0.1) is 5.69 Å². The van der Waals surface area contributed by atoms with Gasteiger partial charge >= 0.3 is 6.09 Å². The van der Waals surface area contributed by atoms with Crippen LogP contribution in [0.25, 0.3) is 0 Å². The zero-order valence-electron chi connectivity index (χ0n) is 7.08. The lowest BCUT2D eigenvalue weighted by atomic mass is 10.1. The summed E-state index contributed by atoms with van der Waals surface area (Å²) in [6.45, 7) is 0.359. The van der Waals surface area contributed by atoms with Crippen LogP contribution in [0.5, 0.6) is 0 Å². The molecule has 0 saturated carbocycles. The van der Waals surface area contributed by atoms with Crippen molar-refractivity contribution in [3.8, 4) is 0 Å². The Bertz CT molecular complexity index is 365. The lowest BCUT2D eigenvalue weighted by Gasteiger charge is -2.25. The number of hydrogen-bond acceptors (Lipinski definition) is 2. The number of cyclic esters (lactones) is 1. The minimum atomic E-state index is -0.296. The van der Waals surface area contributed by atoms with Gasteiger partial charge in [0.25, 0.3) is 0 Å². The first-order valence-electron chi connectivity index (χ1n) is 3.87. The molecule has 0 N–H and O–H groups in total. The van der Waals surface area contributed by atoms with E-state index in [1.807, 2.05) is 18.2 Å². The molecule has 4 heteroatoms. The summed E-state index contributed by atoms with van der Waals surface area (Å²) >= 11 is 3.37. The first-order chi connectivity index (χ1) is 6.18. The second-order valence-corrected chi connectivity index (χ2v) is 3.80. The van der Waals surface area contributed by atoms with E-state index in [1.165, 1.54) is 4.90 Å². The highest BCUT2D eigenvalue weighted by molar-refractivity contribution is 9.10. The second kappa shape index (κ2) is 3.03. The van der Waals surface area contributed by atoms with Gasteiger partial charge in [-0.15, -0.1) is 0 Å². The maximum Gasteiger partial charge on any atom is 0.414 e. The maximum absolute atomic E-state index is 11.1. The molecule has 0 aromatic heterocycles. The van der Waals surface area contributed by atoms with Crippen molar-refractivity contribution in [1.29, 1.82) is 0 Å². The molecular formula is C9H8BrNO2. The third-order valence-corrected chi connectivity index (χ3v) is 2.52. The maximum atomic E-state index is 11.1. The van der Waals surface area contributed by atoms with Crippen LogP contribution in [0.15, 0.2) is 22.7 Å².